The third-order valence-corrected chi connectivity index (χ3v) is 3.66. The molecule has 1 aromatic heterocycles. The van der Waals surface area contributed by atoms with Gasteiger partial charge in [0.05, 0.1) is 5.75 Å². The fourth-order valence-corrected chi connectivity index (χ4v) is 1.75. The lowest BCUT2D eigenvalue weighted by Gasteiger charge is -2.04. The second kappa shape index (κ2) is 6.12. The molecule has 0 aromatic carbocycles. The zero-order valence-electron chi connectivity index (χ0n) is 9.56. The van der Waals surface area contributed by atoms with Crippen LogP contribution in [0.2, 0.25) is 0 Å². The summed E-state index contributed by atoms with van der Waals surface area (Å²) in [5.41, 5.74) is 5.52. The summed E-state index contributed by atoms with van der Waals surface area (Å²) in [6, 6.07) is 0. The molecule has 86 valence electrons. The predicted molar refractivity (Wildman–Crippen MR) is 62.8 cm³/mol. The van der Waals surface area contributed by atoms with E-state index in [1.165, 1.54) is 0 Å². The molecule has 0 aliphatic heterocycles. The fraction of sp³-hybridized carbons (Fsp3) is 0.800. The lowest BCUT2D eigenvalue weighted by molar-refractivity contribution is 0.357. The zero-order valence-corrected chi connectivity index (χ0v) is 10.4. The largest absolute Gasteiger partial charge is 0.339 e. The molecule has 0 radical (unpaired) electrons. The molecule has 1 aromatic rings. The van der Waals surface area contributed by atoms with Crippen molar-refractivity contribution in [3.63, 3.8) is 0 Å². The molecule has 2 N–H and O–H groups in total. The van der Waals surface area contributed by atoms with Crippen LogP contribution in [0.1, 0.15) is 44.8 Å². The average molecular weight is 229 g/mol. The topological polar surface area (TPSA) is 64.9 Å². The minimum absolute atomic E-state index is 0.153. The van der Waals surface area contributed by atoms with Crippen LogP contribution in [0, 0.1) is 0 Å². The minimum Gasteiger partial charge on any atom is -0.339 e. The summed E-state index contributed by atoms with van der Waals surface area (Å²) >= 11 is 1.85. The highest BCUT2D eigenvalue weighted by atomic mass is 32.2. The summed E-state index contributed by atoms with van der Waals surface area (Å²) in [4.78, 5) is 4.31. The summed E-state index contributed by atoms with van der Waals surface area (Å²) < 4.78 is 5.13. The van der Waals surface area contributed by atoms with Crippen molar-refractivity contribution in [3.05, 3.63) is 11.7 Å². The first kappa shape index (κ1) is 12.5. The number of nitrogens with two attached hydrogens (primary N) is 1. The molecule has 0 amide bonds. The maximum absolute atomic E-state index is 5.52. The summed E-state index contributed by atoms with van der Waals surface area (Å²) in [7, 11) is 0. The van der Waals surface area contributed by atoms with Crippen LogP contribution in [0.5, 0.6) is 0 Å². The van der Waals surface area contributed by atoms with Gasteiger partial charge in [-0.2, -0.15) is 16.7 Å². The van der Waals surface area contributed by atoms with Crippen molar-refractivity contribution in [2.75, 3.05) is 6.54 Å². The van der Waals surface area contributed by atoms with Crippen molar-refractivity contribution >= 4 is 11.8 Å². The molecule has 0 saturated carbocycles. The van der Waals surface area contributed by atoms with E-state index in [9.17, 15) is 0 Å². The first-order valence-corrected chi connectivity index (χ1v) is 6.36. The molecule has 0 fully saturated rings. The quantitative estimate of drug-likeness (QED) is 0.809. The molecule has 0 saturated heterocycles. The summed E-state index contributed by atoms with van der Waals surface area (Å²) in [6.07, 6.45) is 1.16. The summed E-state index contributed by atoms with van der Waals surface area (Å²) in [5, 5.41) is 4.57. The normalized spacial score (nSPS) is 15.2. The van der Waals surface area contributed by atoms with Crippen LogP contribution >= 0.6 is 11.8 Å². The van der Waals surface area contributed by atoms with Crippen LogP contribution < -0.4 is 5.73 Å². The van der Waals surface area contributed by atoms with Gasteiger partial charge in [-0.15, -0.1) is 0 Å². The van der Waals surface area contributed by atoms with Crippen LogP contribution in [0.25, 0.3) is 0 Å². The van der Waals surface area contributed by atoms with Crippen LogP contribution in [-0.4, -0.2) is 21.9 Å². The zero-order chi connectivity index (χ0) is 11.3. The number of aromatic nitrogens is 2. The van der Waals surface area contributed by atoms with E-state index in [0.717, 1.165) is 18.0 Å². The number of thioether (sulfide) groups is 1. The maximum Gasteiger partial charge on any atom is 0.230 e. The van der Waals surface area contributed by atoms with Crippen molar-refractivity contribution in [1.29, 1.82) is 0 Å². The molecule has 4 nitrogen and oxygen atoms in total. The van der Waals surface area contributed by atoms with Crippen LogP contribution in [0.4, 0.5) is 0 Å². The minimum atomic E-state index is 0.153. The van der Waals surface area contributed by atoms with Crippen molar-refractivity contribution in [3.8, 4) is 0 Å². The summed E-state index contributed by atoms with van der Waals surface area (Å²) in [5.74, 6) is 2.39. The first-order valence-electron chi connectivity index (χ1n) is 5.31. The van der Waals surface area contributed by atoms with Crippen molar-refractivity contribution in [1.82, 2.24) is 10.1 Å². The molecule has 1 rings (SSSR count). The first-order chi connectivity index (χ1) is 7.17. The lowest BCUT2D eigenvalue weighted by atomic mass is 10.2. The van der Waals surface area contributed by atoms with Crippen molar-refractivity contribution in [2.24, 2.45) is 5.73 Å². The molecule has 2 unspecified atom stereocenters. The van der Waals surface area contributed by atoms with E-state index < -0.39 is 0 Å². The van der Waals surface area contributed by atoms with Crippen molar-refractivity contribution in [2.45, 2.75) is 44.1 Å². The summed E-state index contributed by atoms with van der Waals surface area (Å²) in [6.45, 7) is 6.91. The van der Waals surface area contributed by atoms with Gasteiger partial charge in [0.1, 0.15) is 0 Å². The third-order valence-electron chi connectivity index (χ3n) is 2.33. The van der Waals surface area contributed by atoms with E-state index in [1.807, 2.05) is 18.7 Å². The number of nitrogens with zero attached hydrogens (tertiary/aromatic N) is 2. The van der Waals surface area contributed by atoms with E-state index in [-0.39, 0.29) is 5.92 Å². The standard InChI is InChI=1S/C10H19N3OS/c1-4-8(3)15-6-9-12-10(14-13-9)7(2)5-11/h7-8H,4-6,11H2,1-3H3. The predicted octanol–water partition coefficient (Wildman–Crippen LogP) is 2.16. The highest BCUT2D eigenvalue weighted by molar-refractivity contribution is 7.99. The lowest BCUT2D eigenvalue weighted by Crippen LogP contribution is -2.09. The van der Waals surface area contributed by atoms with Gasteiger partial charge in [-0.3, -0.25) is 0 Å². The molecule has 0 aliphatic carbocycles. The van der Waals surface area contributed by atoms with Crippen LogP contribution in [-0.2, 0) is 5.75 Å². The van der Waals surface area contributed by atoms with Gasteiger partial charge in [0.2, 0.25) is 5.89 Å². The van der Waals surface area contributed by atoms with Gasteiger partial charge >= 0.3 is 0 Å². The molecule has 5 heteroatoms. The van der Waals surface area contributed by atoms with Gasteiger partial charge in [0.15, 0.2) is 5.82 Å². The molecule has 2 atom stereocenters. The number of hydrogen-bond donors (Lipinski definition) is 1. The van der Waals surface area contributed by atoms with Crippen LogP contribution in [0.15, 0.2) is 4.52 Å². The van der Waals surface area contributed by atoms with E-state index in [2.05, 4.69) is 24.0 Å². The van der Waals surface area contributed by atoms with E-state index in [4.69, 9.17) is 10.3 Å². The van der Waals surface area contributed by atoms with Gasteiger partial charge in [0.25, 0.3) is 0 Å². The molecule has 15 heavy (non-hydrogen) atoms. The molecule has 0 aliphatic rings. The second-order valence-electron chi connectivity index (χ2n) is 3.72. The number of rotatable bonds is 6. The monoisotopic (exact) mass is 229 g/mol. The van der Waals surface area contributed by atoms with Gasteiger partial charge in [-0.05, 0) is 6.42 Å². The highest BCUT2D eigenvalue weighted by Gasteiger charge is 2.13. The van der Waals surface area contributed by atoms with E-state index >= 15 is 0 Å². The maximum atomic E-state index is 5.52. The van der Waals surface area contributed by atoms with E-state index in [1.54, 1.807) is 0 Å². The smallest absolute Gasteiger partial charge is 0.230 e. The van der Waals surface area contributed by atoms with Gasteiger partial charge in [-0.1, -0.05) is 25.9 Å². The SMILES string of the molecule is CCC(C)SCc1noc(C(C)CN)n1. The Hall–Kier alpha value is -0.550. The van der Waals surface area contributed by atoms with E-state index in [0.29, 0.717) is 17.7 Å². The van der Waals surface area contributed by atoms with Gasteiger partial charge in [0, 0.05) is 17.7 Å². The Morgan fingerprint density at radius 2 is 2.20 bits per heavy atom. The molecular weight excluding hydrogens is 210 g/mol. The second-order valence-corrected chi connectivity index (χ2v) is 5.14. The average Bonchev–Trinajstić information content (AvgIpc) is 2.73. The molecule has 0 bridgehead atoms. The third kappa shape index (κ3) is 3.83. The molecular formula is C10H19N3OS. The fourth-order valence-electron chi connectivity index (χ4n) is 0.962. The Balaban J connectivity index is 2.46. The van der Waals surface area contributed by atoms with Crippen LogP contribution in [0.3, 0.4) is 0 Å². The molecule has 1 heterocycles. The Morgan fingerprint density at radius 1 is 1.47 bits per heavy atom. The number of hydrogen-bond acceptors (Lipinski definition) is 5. The highest BCUT2D eigenvalue weighted by Crippen LogP contribution is 2.19. The van der Waals surface area contributed by atoms with Gasteiger partial charge < -0.3 is 10.3 Å². The van der Waals surface area contributed by atoms with Gasteiger partial charge in [-0.25, -0.2) is 0 Å². The van der Waals surface area contributed by atoms with Crippen molar-refractivity contribution < 1.29 is 4.52 Å². The Kier molecular flexibility index (Phi) is 5.11. The Bertz CT molecular complexity index is 290. The Labute approximate surface area is 95.0 Å². The molecule has 0 spiro atoms. The Morgan fingerprint density at radius 3 is 2.80 bits per heavy atom.